The van der Waals surface area contributed by atoms with Gasteiger partial charge in [0.05, 0.1) is 12.0 Å². The van der Waals surface area contributed by atoms with Crippen molar-refractivity contribution in [3.8, 4) is 0 Å². The quantitative estimate of drug-likeness (QED) is 0.681. The van der Waals surface area contributed by atoms with Crippen molar-refractivity contribution in [3.05, 3.63) is 29.3 Å². The van der Waals surface area contributed by atoms with Crippen molar-refractivity contribution in [2.75, 3.05) is 7.11 Å². The summed E-state index contributed by atoms with van der Waals surface area (Å²) in [6, 6.07) is 4.91. The van der Waals surface area contributed by atoms with Crippen molar-refractivity contribution >= 4 is 10.1 Å². The first-order valence-electron chi connectivity index (χ1n) is 3.85. The van der Waals surface area contributed by atoms with Crippen LogP contribution < -0.4 is 0 Å². The fraction of sp³-hybridized carbons (Fsp3) is 0.333. The second-order valence-electron chi connectivity index (χ2n) is 2.87. The van der Waals surface area contributed by atoms with Gasteiger partial charge in [-0.1, -0.05) is 6.07 Å². The molecule has 0 amide bonds. The lowest BCUT2D eigenvalue weighted by molar-refractivity contribution is 0.397. The lowest BCUT2D eigenvalue weighted by atomic mass is 10.1. The number of hydrogen-bond acceptors (Lipinski definition) is 3. The molecule has 0 radical (unpaired) electrons. The number of hydrogen-bond donors (Lipinski definition) is 0. The van der Waals surface area contributed by atoms with Gasteiger partial charge < -0.3 is 0 Å². The second-order valence-corrected chi connectivity index (χ2v) is 4.58. The summed E-state index contributed by atoms with van der Waals surface area (Å²) >= 11 is 0. The van der Waals surface area contributed by atoms with Gasteiger partial charge in [-0.05, 0) is 37.1 Å². The van der Waals surface area contributed by atoms with Crippen molar-refractivity contribution in [1.29, 1.82) is 0 Å². The molecule has 0 spiro atoms. The third-order valence-corrected chi connectivity index (χ3v) is 3.26. The van der Waals surface area contributed by atoms with E-state index < -0.39 is 10.1 Å². The van der Waals surface area contributed by atoms with Crippen LogP contribution in [0.2, 0.25) is 0 Å². The molecule has 0 saturated carbocycles. The maximum Gasteiger partial charge on any atom is 0.296 e. The van der Waals surface area contributed by atoms with Crippen LogP contribution in [0.1, 0.15) is 11.1 Å². The zero-order valence-electron chi connectivity index (χ0n) is 7.87. The summed E-state index contributed by atoms with van der Waals surface area (Å²) in [4.78, 5) is 0.207. The summed E-state index contributed by atoms with van der Waals surface area (Å²) in [5, 5.41) is 0. The lowest BCUT2D eigenvalue weighted by Gasteiger charge is -2.04. The first kappa shape index (κ1) is 10.2. The molecule has 0 fully saturated rings. The molecule has 4 heteroatoms. The zero-order valence-corrected chi connectivity index (χ0v) is 8.68. The molecule has 0 N–H and O–H groups in total. The maximum atomic E-state index is 11.2. The van der Waals surface area contributed by atoms with E-state index >= 15 is 0 Å². The molecule has 13 heavy (non-hydrogen) atoms. The van der Waals surface area contributed by atoms with Crippen molar-refractivity contribution in [2.24, 2.45) is 0 Å². The first-order chi connectivity index (χ1) is 5.97. The Balaban J connectivity index is 3.27. The van der Waals surface area contributed by atoms with Gasteiger partial charge in [0.1, 0.15) is 0 Å². The SMILES string of the molecule is COS(=O)(=O)c1ccc(C)c(C)c1. The molecule has 0 heterocycles. The summed E-state index contributed by atoms with van der Waals surface area (Å²) in [6.07, 6.45) is 0. The predicted octanol–water partition coefficient (Wildman–Crippen LogP) is 1.64. The van der Waals surface area contributed by atoms with E-state index in [1.807, 2.05) is 13.8 Å². The molecule has 0 aliphatic heterocycles. The van der Waals surface area contributed by atoms with E-state index in [9.17, 15) is 8.42 Å². The molecule has 3 nitrogen and oxygen atoms in total. The molecule has 0 aliphatic carbocycles. The lowest BCUT2D eigenvalue weighted by Crippen LogP contribution is -2.03. The van der Waals surface area contributed by atoms with E-state index in [2.05, 4.69) is 4.18 Å². The number of aryl methyl sites for hydroxylation is 2. The van der Waals surface area contributed by atoms with E-state index in [4.69, 9.17) is 0 Å². The molecule has 72 valence electrons. The van der Waals surface area contributed by atoms with Gasteiger partial charge in [-0.25, -0.2) is 0 Å². The van der Waals surface area contributed by atoms with Gasteiger partial charge in [0.25, 0.3) is 10.1 Å². The highest BCUT2D eigenvalue weighted by Gasteiger charge is 2.12. The third-order valence-electron chi connectivity index (χ3n) is 1.99. The van der Waals surface area contributed by atoms with Crippen molar-refractivity contribution in [2.45, 2.75) is 18.7 Å². The van der Waals surface area contributed by atoms with Crippen LogP contribution >= 0.6 is 0 Å². The Morgan fingerprint density at radius 2 is 1.77 bits per heavy atom. The summed E-state index contributed by atoms with van der Waals surface area (Å²) < 4.78 is 26.9. The predicted molar refractivity (Wildman–Crippen MR) is 50.1 cm³/mol. The smallest absolute Gasteiger partial charge is 0.270 e. The second kappa shape index (κ2) is 3.47. The highest BCUT2D eigenvalue weighted by Crippen LogP contribution is 2.15. The van der Waals surface area contributed by atoms with Gasteiger partial charge in [0, 0.05) is 0 Å². The van der Waals surface area contributed by atoms with Crippen molar-refractivity contribution in [3.63, 3.8) is 0 Å². The minimum absolute atomic E-state index is 0.207. The summed E-state index contributed by atoms with van der Waals surface area (Å²) in [5.74, 6) is 0. The molecule has 1 aromatic rings. The van der Waals surface area contributed by atoms with Crippen LogP contribution in [0.4, 0.5) is 0 Å². The largest absolute Gasteiger partial charge is 0.296 e. The van der Waals surface area contributed by atoms with Crippen LogP contribution in [0.15, 0.2) is 23.1 Å². The van der Waals surface area contributed by atoms with Crippen LogP contribution in [-0.2, 0) is 14.3 Å². The van der Waals surface area contributed by atoms with Gasteiger partial charge in [-0.2, -0.15) is 8.42 Å². The van der Waals surface area contributed by atoms with E-state index in [1.165, 1.54) is 0 Å². The van der Waals surface area contributed by atoms with Crippen LogP contribution in [-0.4, -0.2) is 15.5 Å². The third kappa shape index (κ3) is 2.08. The van der Waals surface area contributed by atoms with E-state index in [0.717, 1.165) is 18.2 Å². The molecule has 1 rings (SSSR count). The molecule has 0 unspecified atom stereocenters. The maximum absolute atomic E-state index is 11.2. The fourth-order valence-corrected chi connectivity index (χ4v) is 1.71. The normalized spacial score (nSPS) is 11.6. The van der Waals surface area contributed by atoms with Crippen LogP contribution in [0.5, 0.6) is 0 Å². The monoisotopic (exact) mass is 200 g/mol. The standard InChI is InChI=1S/C9H12O3S/c1-7-4-5-9(6-8(7)2)13(10,11)12-3/h4-6H,1-3H3. The molecular formula is C9H12O3S. The Hall–Kier alpha value is -0.870. The van der Waals surface area contributed by atoms with Crippen LogP contribution in [0.25, 0.3) is 0 Å². The molecule has 0 aliphatic rings. The Bertz CT molecular complexity index is 407. The summed E-state index contributed by atoms with van der Waals surface area (Å²) in [5.41, 5.74) is 2.01. The minimum Gasteiger partial charge on any atom is -0.270 e. The van der Waals surface area contributed by atoms with E-state index in [0.29, 0.717) is 0 Å². The summed E-state index contributed by atoms with van der Waals surface area (Å²) in [7, 11) is -2.38. The Labute approximate surface area is 78.5 Å². The van der Waals surface area contributed by atoms with Crippen molar-refractivity contribution < 1.29 is 12.6 Å². The Morgan fingerprint density at radius 1 is 1.15 bits per heavy atom. The first-order valence-corrected chi connectivity index (χ1v) is 5.26. The van der Waals surface area contributed by atoms with Crippen molar-refractivity contribution in [1.82, 2.24) is 0 Å². The number of benzene rings is 1. The van der Waals surface area contributed by atoms with Gasteiger partial charge >= 0.3 is 0 Å². The molecular weight excluding hydrogens is 188 g/mol. The van der Waals surface area contributed by atoms with E-state index in [1.54, 1.807) is 18.2 Å². The molecule has 0 saturated heterocycles. The highest BCUT2D eigenvalue weighted by atomic mass is 32.2. The minimum atomic E-state index is -3.54. The Morgan fingerprint density at radius 3 is 2.23 bits per heavy atom. The average molecular weight is 200 g/mol. The molecule has 0 atom stereocenters. The van der Waals surface area contributed by atoms with Gasteiger partial charge in [-0.3, -0.25) is 4.18 Å². The molecule has 1 aromatic carbocycles. The Kier molecular flexibility index (Phi) is 2.73. The van der Waals surface area contributed by atoms with Gasteiger partial charge in [0.15, 0.2) is 0 Å². The fourth-order valence-electron chi connectivity index (χ4n) is 0.966. The van der Waals surface area contributed by atoms with Crippen LogP contribution in [0, 0.1) is 13.8 Å². The number of rotatable bonds is 2. The molecule has 0 aromatic heterocycles. The zero-order chi connectivity index (χ0) is 10.1. The topological polar surface area (TPSA) is 43.4 Å². The highest BCUT2D eigenvalue weighted by molar-refractivity contribution is 7.86. The molecule has 0 bridgehead atoms. The summed E-state index contributed by atoms with van der Waals surface area (Å²) in [6.45, 7) is 3.79. The van der Waals surface area contributed by atoms with Gasteiger partial charge in [0.2, 0.25) is 0 Å². The van der Waals surface area contributed by atoms with Crippen LogP contribution in [0.3, 0.4) is 0 Å². The van der Waals surface area contributed by atoms with Gasteiger partial charge in [-0.15, -0.1) is 0 Å². The van der Waals surface area contributed by atoms with E-state index in [-0.39, 0.29) is 4.90 Å². The average Bonchev–Trinajstić information content (AvgIpc) is 2.09.